The summed E-state index contributed by atoms with van der Waals surface area (Å²) in [7, 11) is 0. The number of carbonyl (C=O) groups is 3. The van der Waals surface area contributed by atoms with Gasteiger partial charge in [0.25, 0.3) is 0 Å². The smallest absolute Gasteiger partial charge is 0.329 e. The van der Waals surface area contributed by atoms with Crippen molar-refractivity contribution in [1.82, 2.24) is 4.90 Å². The molecular formula is C11H17NO4. The molecule has 5 nitrogen and oxygen atoms in total. The van der Waals surface area contributed by atoms with E-state index in [2.05, 4.69) is 0 Å². The van der Waals surface area contributed by atoms with E-state index >= 15 is 0 Å². The molecule has 1 saturated heterocycles. The van der Waals surface area contributed by atoms with Crippen LogP contribution in [0.3, 0.4) is 0 Å². The Kier molecular flexibility index (Phi) is 3.35. The Morgan fingerprint density at radius 1 is 1.50 bits per heavy atom. The molecule has 1 fully saturated rings. The van der Waals surface area contributed by atoms with Gasteiger partial charge in [0, 0.05) is 5.92 Å². The third-order valence-corrected chi connectivity index (χ3v) is 2.38. The molecule has 0 aromatic heterocycles. The first kappa shape index (κ1) is 12.7. The van der Waals surface area contributed by atoms with E-state index in [0.29, 0.717) is 12.8 Å². The zero-order valence-electron chi connectivity index (χ0n) is 10.0. The lowest BCUT2D eigenvalue weighted by Crippen LogP contribution is -2.41. The van der Waals surface area contributed by atoms with E-state index < -0.39 is 17.6 Å². The molecule has 16 heavy (non-hydrogen) atoms. The molecule has 0 saturated carbocycles. The molecule has 2 amide bonds. The van der Waals surface area contributed by atoms with Crippen molar-refractivity contribution in [2.45, 2.75) is 45.8 Å². The fourth-order valence-corrected chi connectivity index (χ4v) is 1.66. The summed E-state index contributed by atoms with van der Waals surface area (Å²) in [6.07, 6.45) is 0.743. The monoisotopic (exact) mass is 227 g/mol. The van der Waals surface area contributed by atoms with Gasteiger partial charge in [0.1, 0.15) is 11.6 Å². The van der Waals surface area contributed by atoms with Gasteiger partial charge < -0.3 is 4.74 Å². The highest BCUT2D eigenvalue weighted by Crippen LogP contribution is 2.25. The van der Waals surface area contributed by atoms with E-state index in [-0.39, 0.29) is 11.8 Å². The number of nitrogens with zero attached hydrogens (tertiary/aromatic N) is 1. The van der Waals surface area contributed by atoms with Gasteiger partial charge in [0.2, 0.25) is 12.3 Å². The van der Waals surface area contributed by atoms with Gasteiger partial charge >= 0.3 is 5.97 Å². The van der Waals surface area contributed by atoms with Gasteiger partial charge in [0.15, 0.2) is 0 Å². The number of likely N-dealkylation sites (tertiary alicyclic amines) is 1. The van der Waals surface area contributed by atoms with Crippen LogP contribution in [-0.2, 0) is 19.1 Å². The van der Waals surface area contributed by atoms with Crippen molar-refractivity contribution in [3.8, 4) is 0 Å². The van der Waals surface area contributed by atoms with Crippen LogP contribution in [0, 0.1) is 5.92 Å². The molecule has 5 heteroatoms. The largest absolute Gasteiger partial charge is 0.458 e. The first-order valence-corrected chi connectivity index (χ1v) is 5.26. The molecule has 1 rings (SSSR count). The molecule has 0 spiro atoms. The highest BCUT2D eigenvalue weighted by Gasteiger charge is 2.42. The molecular weight excluding hydrogens is 210 g/mol. The van der Waals surface area contributed by atoms with Crippen molar-refractivity contribution in [3.63, 3.8) is 0 Å². The maximum atomic E-state index is 11.7. The Morgan fingerprint density at radius 2 is 2.06 bits per heavy atom. The Balaban J connectivity index is 2.77. The summed E-state index contributed by atoms with van der Waals surface area (Å²) >= 11 is 0. The van der Waals surface area contributed by atoms with Crippen molar-refractivity contribution < 1.29 is 19.1 Å². The van der Waals surface area contributed by atoms with Gasteiger partial charge in [-0.15, -0.1) is 0 Å². The molecule has 0 N–H and O–H groups in total. The quantitative estimate of drug-likeness (QED) is 0.515. The predicted octanol–water partition coefficient (Wildman–Crippen LogP) is 0.722. The molecule has 1 unspecified atom stereocenters. The molecule has 90 valence electrons. The summed E-state index contributed by atoms with van der Waals surface area (Å²) < 4.78 is 5.16. The minimum Gasteiger partial charge on any atom is -0.458 e. The van der Waals surface area contributed by atoms with Crippen LogP contribution < -0.4 is 0 Å². The molecule has 0 bridgehead atoms. The summed E-state index contributed by atoms with van der Waals surface area (Å²) in [5.41, 5.74) is -0.611. The Morgan fingerprint density at radius 3 is 2.50 bits per heavy atom. The minimum absolute atomic E-state index is 0.303. The van der Waals surface area contributed by atoms with Gasteiger partial charge in [-0.3, -0.25) is 14.5 Å². The van der Waals surface area contributed by atoms with Gasteiger partial charge in [-0.1, -0.05) is 6.92 Å². The topological polar surface area (TPSA) is 63.7 Å². The molecule has 0 aromatic carbocycles. The van der Waals surface area contributed by atoms with Crippen LogP contribution >= 0.6 is 0 Å². The van der Waals surface area contributed by atoms with Gasteiger partial charge in [-0.25, -0.2) is 4.79 Å². The summed E-state index contributed by atoms with van der Waals surface area (Å²) in [4.78, 5) is 34.9. The number of esters is 1. The second-order valence-electron chi connectivity index (χ2n) is 5.04. The summed E-state index contributed by atoms with van der Waals surface area (Å²) in [5, 5.41) is 0. The average Bonchev–Trinajstić information content (AvgIpc) is 2.40. The minimum atomic E-state index is -0.765. The average molecular weight is 227 g/mol. The summed E-state index contributed by atoms with van der Waals surface area (Å²) in [6.45, 7) is 6.94. The standard InChI is InChI=1S/C11H17NO4/c1-7-5-8(12(6-13)9(7)14)10(15)16-11(2,3)4/h6-8H,5H2,1-4H3/t7?,8-/m0/s1. The number of amides is 2. The number of hydrogen-bond donors (Lipinski definition) is 0. The lowest BCUT2D eigenvalue weighted by Gasteiger charge is -2.24. The van der Waals surface area contributed by atoms with Crippen LogP contribution in [0.5, 0.6) is 0 Å². The van der Waals surface area contributed by atoms with Crippen molar-refractivity contribution in [3.05, 3.63) is 0 Å². The van der Waals surface area contributed by atoms with Crippen LogP contribution in [0.15, 0.2) is 0 Å². The van der Waals surface area contributed by atoms with Crippen LogP contribution in [0.1, 0.15) is 34.1 Å². The highest BCUT2D eigenvalue weighted by molar-refractivity contribution is 5.96. The highest BCUT2D eigenvalue weighted by atomic mass is 16.6. The molecule has 1 aliphatic rings. The summed E-state index contributed by atoms with van der Waals surface area (Å²) in [6, 6.07) is -0.765. The van der Waals surface area contributed by atoms with Gasteiger partial charge in [-0.2, -0.15) is 0 Å². The number of imide groups is 1. The van der Waals surface area contributed by atoms with Crippen LogP contribution in [0.2, 0.25) is 0 Å². The third kappa shape index (κ3) is 2.59. The first-order valence-electron chi connectivity index (χ1n) is 5.26. The van der Waals surface area contributed by atoms with E-state index in [0.717, 1.165) is 4.90 Å². The number of hydrogen-bond acceptors (Lipinski definition) is 4. The van der Waals surface area contributed by atoms with Crippen LogP contribution in [0.25, 0.3) is 0 Å². The lowest BCUT2D eigenvalue weighted by molar-refractivity contribution is -0.163. The van der Waals surface area contributed by atoms with E-state index in [1.807, 2.05) is 0 Å². The van der Waals surface area contributed by atoms with Crippen molar-refractivity contribution >= 4 is 18.3 Å². The molecule has 1 heterocycles. The number of rotatable bonds is 2. The van der Waals surface area contributed by atoms with Crippen molar-refractivity contribution in [1.29, 1.82) is 0 Å². The molecule has 1 aliphatic heterocycles. The molecule has 0 aromatic rings. The van der Waals surface area contributed by atoms with E-state index in [1.54, 1.807) is 27.7 Å². The Hall–Kier alpha value is -1.39. The maximum absolute atomic E-state index is 11.7. The Labute approximate surface area is 94.7 Å². The van der Waals surface area contributed by atoms with E-state index in [4.69, 9.17) is 4.74 Å². The second kappa shape index (κ2) is 4.23. The van der Waals surface area contributed by atoms with Crippen LogP contribution in [-0.4, -0.2) is 34.8 Å². The van der Waals surface area contributed by atoms with Crippen LogP contribution in [0.4, 0.5) is 0 Å². The van der Waals surface area contributed by atoms with E-state index in [9.17, 15) is 14.4 Å². The van der Waals surface area contributed by atoms with E-state index in [1.165, 1.54) is 0 Å². The maximum Gasteiger partial charge on any atom is 0.329 e. The number of carbonyl (C=O) groups excluding carboxylic acids is 3. The summed E-state index contributed by atoms with van der Waals surface area (Å²) in [5.74, 6) is -1.13. The zero-order chi connectivity index (χ0) is 12.5. The lowest BCUT2D eigenvalue weighted by atomic mass is 10.1. The SMILES string of the molecule is CC1C[C@@H](C(=O)OC(C)(C)C)N(C=O)C1=O. The fraction of sp³-hybridized carbons (Fsp3) is 0.727. The van der Waals surface area contributed by atoms with Crippen molar-refractivity contribution in [2.75, 3.05) is 0 Å². The number of ether oxygens (including phenoxy) is 1. The molecule has 0 aliphatic carbocycles. The zero-order valence-corrected chi connectivity index (χ0v) is 10.0. The van der Waals surface area contributed by atoms with Crippen molar-refractivity contribution in [2.24, 2.45) is 5.92 Å². The molecule has 0 radical (unpaired) electrons. The van der Waals surface area contributed by atoms with Gasteiger partial charge in [-0.05, 0) is 27.2 Å². The third-order valence-electron chi connectivity index (χ3n) is 2.38. The Bertz CT molecular complexity index is 318. The molecule has 2 atom stereocenters. The normalized spacial score (nSPS) is 25.8. The second-order valence-corrected chi connectivity index (χ2v) is 5.04. The predicted molar refractivity (Wildman–Crippen MR) is 56.3 cm³/mol. The van der Waals surface area contributed by atoms with Gasteiger partial charge in [0.05, 0.1) is 0 Å². The first-order chi connectivity index (χ1) is 7.26. The fourth-order valence-electron chi connectivity index (χ4n) is 1.66.